The van der Waals surface area contributed by atoms with Crippen LogP contribution in [-0.4, -0.2) is 16.1 Å². The number of carbonyl (C=O) groups is 1. The van der Waals surface area contributed by atoms with E-state index in [0.29, 0.717) is 21.3 Å². The first-order valence-corrected chi connectivity index (χ1v) is 5.96. The molecule has 0 aliphatic heterocycles. The van der Waals surface area contributed by atoms with Gasteiger partial charge in [-0.25, -0.2) is 4.79 Å². The van der Waals surface area contributed by atoms with E-state index < -0.39 is 5.97 Å². The van der Waals surface area contributed by atoms with Gasteiger partial charge in [-0.3, -0.25) is 4.98 Å². The maximum atomic E-state index is 10.8. The Bertz CT molecular complexity index is 629. The predicted octanol–water partition coefficient (Wildman–Crippen LogP) is 4.41. The Hall–Kier alpha value is -1.29. The van der Waals surface area contributed by atoms with Crippen LogP contribution in [0, 0.1) is 0 Å². The number of benzene rings is 1. The number of carboxylic acids is 1. The van der Waals surface area contributed by atoms with E-state index in [-0.39, 0.29) is 10.6 Å². The summed E-state index contributed by atoms with van der Waals surface area (Å²) < 4.78 is 0. The minimum atomic E-state index is -1.09. The molecule has 0 bridgehead atoms. The molecular formula is C12H6Cl3NO2. The minimum absolute atomic E-state index is 0.0156. The van der Waals surface area contributed by atoms with Crippen LogP contribution in [0.4, 0.5) is 0 Å². The van der Waals surface area contributed by atoms with Crippen molar-refractivity contribution in [3.63, 3.8) is 0 Å². The van der Waals surface area contributed by atoms with Crippen LogP contribution in [0.3, 0.4) is 0 Å². The summed E-state index contributed by atoms with van der Waals surface area (Å²) in [5.74, 6) is -1.09. The third-order valence-electron chi connectivity index (χ3n) is 2.27. The molecule has 0 aliphatic rings. The van der Waals surface area contributed by atoms with Gasteiger partial charge in [-0.15, -0.1) is 0 Å². The van der Waals surface area contributed by atoms with Gasteiger partial charge in [-0.05, 0) is 24.3 Å². The van der Waals surface area contributed by atoms with Crippen molar-refractivity contribution in [1.29, 1.82) is 0 Å². The summed E-state index contributed by atoms with van der Waals surface area (Å²) in [6.07, 6.45) is 1.22. The highest BCUT2D eigenvalue weighted by molar-refractivity contribution is 6.37. The molecule has 1 aromatic heterocycles. The summed E-state index contributed by atoms with van der Waals surface area (Å²) in [6, 6.07) is 6.22. The number of pyridine rings is 1. The van der Waals surface area contributed by atoms with Gasteiger partial charge >= 0.3 is 5.97 Å². The van der Waals surface area contributed by atoms with Crippen LogP contribution in [-0.2, 0) is 0 Å². The summed E-state index contributed by atoms with van der Waals surface area (Å²) in [7, 11) is 0. The molecule has 0 aliphatic carbocycles. The van der Waals surface area contributed by atoms with Gasteiger partial charge in [-0.1, -0.05) is 34.8 Å². The molecule has 0 radical (unpaired) electrons. The molecular weight excluding hydrogens is 296 g/mol. The maximum absolute atomic E-state index is 10.8. The highest BCUT2D eigenvalue weighted by atomic mass is 35.5. The van der Waals surface area contributed by atoms with Crippen molar-refractivity contribution in [2.75, 3.05) is 0 Å². The van der Waals surface area contributed by atoms with Crippen molar-refractivity contribution < 1.29 is 9.90 Å². The lowest BCUT2D eigenvalue weighted by Gasteiger charge is -2.07. The molecule has 2 aromatic rings. The summed E-state index contributed by atoms with van der Waals surface area (Å²) in [4.78, 5) is 14.8. The molecule has 18 heavy (non-hydrogen) atoms. The van der Waals surface area contributed by atoms with Crippen molar-refractivity contribution in [3.8, 4) is 11.3 Å². The third-order valence-corrected chi connectivity index (χ3v) is 3.12. The van der Waals surface area contributed by atoms with Crippen LogP contribution in [0.15, 0.2) is 30.5 Å². The second-order valence-corrected chi connectivity index (χ2v) is 4.73. The molecule has 3 nitrogen and oxygen atoms in total. The molecule has 0 amide bonds. The van der Waals surface area contributed by atoms with Gasteiger partial charge in [0.2, 0.25) is 0 Å². The number of aromatic carboxylic acids is 1. The lowest BCUT2D eigenvalue weighted by molar-refractivity contribution is 0.0696. The summed E-state index contributed by atoms with van der Waals surface area (Å²) >= 11 is 17.9. The summed E-state index contributed by atoms with van der Waals surface area (Å²) in [5.41, 5.74) is 0.974. The summed E-state index contributed by atoms with van der Waals surface area (Å²) in [5, 5.41) is 9.97. The number of nitrogens with zero attached hydrogens (tertiary/aromatic N) is 1. The van der Waals surface area contributed by atoms with Crippen molar-refractivity contribution >= 4 is 40.8 Å². The topological polar surface area (TPSA) is 50.2 Å². The van der Waals surface area contributed by atoms with Crippen molar-refractivity contribution in [2.45, 2.75) is 0 Å². The monoisotopic (exact) mass is 301 g/mol. The quantitative estimate of drug-likeness (QED) is 0.894. The molecule has 6 heteroatoms. The Morgan fingerprint density at radius 3 is 2.44 bits per heavy atom. The number of halogens is 3. The van der Waals surface area contributed by atoms with E-state index in [1.54, 1.807) is 18.2 Å². The number of carboxylic acid groups (broad SMARTS) is 1. The first-order chi connectivity index (χ1) is 8.49. The Kier molecular flexibility index (Phi) is 3.76. The van der Waals surface area contributed by atoms with Gasteiger partial charge in [-0.2, -0.15) is 0 Å². The average molecular weight is 303 g/mol. The minimum Gasteiger partial charge on any atom is -0.478 e. The van der Waals surface area contributed by atoms with Gasteiger partial charge in [0.25, 0.3) is 0 Å². The van der Waals surface area contributed by atoms with E-state index in [0.717, 1.165) is 0 Å². The fourth-order valence-corrected chi connectivity index (χ4v) is 2.08. The molecule has 0 saturated carbocycles. The van der Waals surface area contributed by atoms with Gasteiger partial charge in [0.1, 0.15) is 0 Å². The highest BCUT2D eigenvalue weighted by Gasteiger charge is 2.13. The Balaban J connectivity index is 2.58. The lowest BCUT2D eigenvalue weighted by atomic mass is 10.1. The standard InChI is InChI=1S/C12H6Cl3NO2/c13-7-1-2-9(14)8(4-7)11-10(15)3-6(5-16-11)12(17)18/h1-5H,(H,17,18). The predicted molar refractivity (Wildman–Crippen MR) is 71.7 cm³/mol. The lowest BCUT2D eigenvalue weighted by Crippen LogP contribution is -1.98. The molecule has 0 atom stereocenters. The van der Waals surface area contributed by atoms with Crippen molar-refractivity contribution in [1.82, 2.24) is 4.98 Å². The van der Waals surface area contributed by atoms with E-state index in [1.807, 2.05) is 0 Å². The average Bonchev–Trinajstić information content (AvgIpc) is 2.32. The Morgan fingerprint density at radius 2 is 1.83 bits per heavy atom. The molecule has 0 saturated heterocycles. The SMILES string of the molecule is O=C(O)c1cnc(-c2cc(Cl)ccc2Cl)c(Cl)c1. The van der Waals surface area contributed by atoms with Gasteiger partial charge in [0.05, 0.1) is 21.3 Å². The van der Waals surface area contributed by atoms with Gasteiger partial charge < -0.3 is 5.11 Å². The molecule has 92 valence electrons. The highest BCUT2D eigenvalue weighted by Crippen LogP contribution is 2.33. The zero-order valence-electron chi connectivity index (χ0n) is 8.82. The number of hydrogen-bond donors (Lipinski definition) is 1. The van der Waals surface area contributed by atoms with Crippen molar-refractivity contribution in [2.24, 2.45) is 0 Å². The zero-order chi connectivity index (χ0) is 13.3. The maximum Gasteiger partial charge on any atom is 0.337 e. The third kappa shape index (κ3) is 2.58. The van der Waals surface area contributed by atoms with Crippen LogP contribution in [0.5, 0.6) is 0 Å². The number of rotatable bonds is 2. The van der Waals surface area contributed by atoms with E-state index in [4.69, 9.17) is 39.9 Å². The fraction of sp³-hybridized carbons (Fsp3) is 0. The molecule has 1 N–H and O–H groups in total. The zero-order valence-corrected chi connectivity index (χ0v) is 11.1. The molecule has 0 fully saturated rings. The fourth-order valence-electron chi connectivity index (χ4n) is 1.43. The molecule has 0 unspecified atom stereocenters. The molecule has 1 heterocycles. The van der Waals surface area contributed by atoms with Gasteiger partial charge in [0.15, 0.2) is 0 Å². The Labute approximate surface area is 118 Å². The van der Waals surface area contributed by atoms with Crippen LogP contribution >= 0.6 is 34.8 Å². The summed E-state index contributed by atoms with van der Waals surface area (Å²) in [6.45, 7) is 0. The number of aromatic nitrogens is 1. The second kappa shape index (κ2) is 5.14. The van der Waals surface area contributed by atoms with E-state index in [1.165, 1.54) is 12.3 Å². The van der Waals surface area contributed by atoms with Crippen LogP contribution in [0.1, 0.15) is 10.4 Å². The smallest absolute Gasteiger partial charge is 0.337 e. The van der Waals surface area contributed by atoms with E-state index in [9.17, 15) is 4.79 Å². The van der Waals surface area contributed by atoms with Gasteiger partial charge in [0, 0.05) is 16.8 Å². The Morgan fingerprint density at radius 1 is 1.11 bits per heavy atom. The van der Waals surface area contributed by atoms with E-state index >= 15 is 0 Å². The van der Waals surface area contributed by atoms with Crippen LogP contribution in [0.25, 0.3) is 11.3 Å². The van der Waals surface area contributed by atoms with E-state index in [2.05, 4.69) is 4.98 Å². The second-order valence-electron chi connectivity index (χ2n) is 3.48. The largest absolute Gasteiger partial charge is 0.478 e. The normalized spacial score (nSPS) is 10.4. The first-order valence-electron chi connectivity index (χ1n) is 4.83. The van der Waals surface area contributed by atoms with Crippen LogP contribution in [0.2, 0.25) is 15.1 Å². The molecule has 1 aromatic carbocycles. The first kappa shape index (κ1) is 13.1. The molecule has 0 spiro atoms. The number of hydrogen-bond acceptors (Lipinski definition) is 2. The van der Waals surface area contributed by atoms with Crippen molar-refractivity contribution in [3.05, 3.63) is 51.1 Å². The molecule has 2 rings (SSSR count). The van der Waals surface area contributed by atoms with Crippen LogP contribution < -0.4 is 0 Å².